The molecule has 1 unspecified atom stereocenters. The molecule has 0 spiro atoms. The Morgan fingerprint density at radius 3 is 1.73 bits per heavy atom. The molecule has 1 fully saturated rings. The van der Waals surface area contributed by atoms with Crippen LogP contribution in [0.1, 0.15) is 61.3 Å². The molecule has 0 aromatic rings. The van der Waals surface area contributed by atoms with Crippen LogP contribution in [0.2, 0.25) is 0 Å². The Morgan fingerprint density at radius 1 is 0.811 bits per heavy atom. The van der Waals surface area contributed by atoms with E-state index in [0.29, 0.717) is 0 Å². The summed E-state index contributed by atoms with van der Waals surface area (Å²) in [7, 11) is 0. The summed E-state index contributed by atoms with van der Waals surface area (Å²) >= 11 is 0. The summed E-state index contributed by atoms with van der Waals surface area (Å²) in [5.41, 5.74) is -0.868. The third-order valence-electron chi connectivity index (χ3n) is 4.82. The molecule has 1 aliphatic heterocycles. The molecule has 1 saturated heterocycles. The first-order valence-electron chi connectivity index (χ1n) is 11.5. The highest BCUT2D eigenvalue weighted by Gasteiger charge is 2.52. The summed E-state index contributed by atoms with van der Waals surface area (Å²) in [6, 6.07) is -1.42. The summed E-state index contributed by atoms with van der Waals surface area (Å²) in [5.74, 6) is -4.37. The van der Waals surface area contributed by atoms with Gasteiger partial charge in [0.15, 0.2) is 18.3 Å². The lowest BCUT2D eigenvalue weighted by atomic mass is 9.91. The zero-order chi connectivity index (χ0) is 28.5. The Hall–Kier alpha value is -3.42. The first kappa shape index (κ1) is 31.6. The molecular formula is C23H35NO13. The number of ether oxygens (including phenoxy) is 6. The van der Waals surface area contributed by atoms with E-state index >= 15 is 0 Å². The minimum atomic E-state index is -1.42. The molecule has 37 heavy (non-hydrogen) atoms. The van der Waals surface area contributed by atoms with Crippen LogP contribution in [-0.4, -0.2) is 89.8 Å². The van der Waals surface area contributed by atoms with Crippen molar-refractivity contribution < 1.29 is 62.3 Å². The molecule has 14 nitrogen and oxygen atoms in total. The van der Waals surface area contributed by atoms with Gasteiger partial charge in [0.05, 0.1) is 6.10 Å². The fraction of sp³-hybridized carbons (Fsp3) is 0.739. The maximum absolute atomic E-state index is 12.1. The van der Waals surface area contributed by atoms with Gasteiger partial charge in [0.1, 0.15) is 24.4 Å². The first-order valence-corrected chi connectivity index (χ1v) is 11.5. The molecule has 0 aromatic carbocycles. The molecule has 0 aliphatic carbocycles. The van der Waals surface area contributed by atoms with Crippen LogP contribution in [-0.2, 0) is 52.4 Å². The molecule has 1 heterocycles. The summed E-state index contributed by atoms with van der Waals surface area (Å²) in [4.78, 5) is 70.8. The molecule has 1 rings (SSSR count). The van der Waals surface area contributed by atoms with Gasteiger partial charge in [-0.05, 0) is 33.6 Å². The fourth-order valence-electron chi connectivity index (χ4n) is 3.59. The molecule has 1 aliphatic rings. The molecular weight excluding hydrogens is 498 g/mol. The van der Waals surface area contributed by atoms with Crippen LogP contribution in [0.25, 0.3) is 0 Å². The highest BCUT2D eigenvalue weighted by Crippen LogP contribution is 2.31. The van der Waals surface area contributed by atoms with E-state index in [2.05, 4.69) is 5.32 Å². The van der Waals surface area contributed by atoms with Gasteiger partial charge >= 0.3 is 35.9 Å². The van der Waals surface area contributed by atoms with Crippen molar-refractivity contribution >= 4 is 35.9 Å². The molecule has 0 bridgehead atoms. The zero-order valence-corrected chi connectivity index (χ0v) is 21.9. The second-order valence-corrected chi connectivity index (χ2v) is 9.35. The lowest BCUT2D eigenvalue weighted by Crippen LogP contribution is -2.62. The predicted octanol–water partition coefficient (Wildman–Crippen LogP) is 0.870. The van der Waals surface area contributed by atoms with Crippen molar-refractivity contribution in [3.63, 3.8) is 0 Å². The lowest BCUT2D eigenvalue weighted by molar-refractivity contribution is -0.253. The van der Waals surface area contributed by atoms with Crippen molar-refractivity contribution in [2.75, 3.05) is 6.61 Å². The fourth-order valence-corrected chi connectivity index (χ4v) is 3.59. The van der Waals surface area contributed by atoms with E-state index in [1.807, 2.05) is 0 Å². The number of nitrogens with one attached hydrogen (secondary N) is 1. The van der Waals surface area contributed by atoms with Crippen molar-refractivity contribution in [3.05, 3.63) is 0 Å². The van der Waals surface area contributed by atoms with Crippen LogP contribution in [0.4, 0.5) is 4.79 Å². The Labute approximate surface area is 214 Å². The molecule has 1 amide bonds. The van der Waals surface area contributed by atoms with Crippen molar-refractivity contribution in [1.29, 1.82) is 0 Å². The van der Waals surface area contributed by atoms with E-state index in [1.54, 1.807) is 20.8 Å². The van der Waals surface area contributed by atoms with Crippen molar-refractivity contribution in [1.82, 2.24) is 5.32 Å². The van der Waals surface area contributed by atoms with Crippen LogP contribution < -0.4 is 5.32 Å². The quantitative estimate of drug-likeness (QED) is 0.297. The van der Waals surface area contributed by atoms with E-state index < -0.39 is 84.7 Å². The van der Waals surface area contributed by atoms with Crippen LogP contribution in [0.15, 0.2) is 0 Å². The molecule has 0 radical (unpaired) electrons. The van der Waals surface area contributed by atoms with Gasteiger partial charge in [0.25, 0.3) is 0 Å². The van der Waals surface area contributed by atoms with E-state index in [-0.39, 0.29) is 12.8 Å². The zero-order valence-electron chi connectivity index (χ0n) is 21.9. The average Bonchev–Trinajstić information content (AvgIpc) is 2.70. The van der Waals surface area contributed by atoms with Crippen LogP contribution in [0, 0.1) is 0 Å². The number of carbonyl (C=O) groups is 6. The van der Waals surface area contributed by atoms with Gasteiger partial charge in [-0.25, -0.2) is 9.59 Å². The van der Waals surface area contributed by atoms with Crippen LogP contribution in [0.3, 0.4) is 0 Å². The largest absolute Gasteiger partial charge is 0.480 e. The molecule has 210 valence electrons. The van der Waals surface area contributed by atoms with Gasteiger partial charge in [0, 0.05) is 27.7 Å². The van der Waals surface area contributed by atoms with Crippen LogP contribution in [0.5, 0.6) is 0 Å². The van der Waals surface area contributed by atoms with Gasteiger partial charge < -0.3 is 38.8 Å². The minimum absolute atomic E-state index is 0.133. The highest BCUT2D eigenvalue weighted by molar-refractivity contribution is 5.80. The molecule has 14 heteroatoms. The number of rotatable bonds is 10. The Bertz CT molecular complexity index is 865. The maximum atomic E-state index is 12.1. The van der Waals surface area contributed by atoms with Gasteiger partial charge in [0.2, 0.25) is 0 Å². The van der Waals surface area contributed by atoms with E-state index in [0.717, 1.165) is 27.7 Å². The molecule has 6 atom stereocenters. The van der Waals surface area contributed by atoms with E-state index in [9.17, 15) is 33.9 Å². The third kappa shape index (κ3) is 11.5. The topological polar surface area (TPSA) is 190 Å². The third-order valence-corrected chi connectivity index (χ3v) is 4.82. The Balaban J connectivity index is 3.27. The van der Waals surface area contributed by atoms with Crippen molar-refractivity contribution in [2.24, 2.45) is 0 Å². The number of alkyl carbamates (subject to hydrolysis) is 1. The van der Waals surface area contributed by atoms with E-state index in [1.165, 1.54) is 0 Å². The van der Waals surface area contributed by atoms with Gasteiger partial charge in [-0.2, -0.15) is 0 Å². The molecule has 0 saturated carbocycles. The normalized spacial score (nSPS) is 24.1. The number of carboxylic acid groups (broad SMARTS) is 1. The second kappa shape index (κ2) is 13.8. The number of aliphatic carboxylic acids is 1. The second-order valence-electron chi connectivity index (χ2n) is 9.35. The van der Waals surface area contributed by atoms with Gasteiger partial charge in [-0.3, -0.25) is 19.2 Å². The summed E-state index contributed by atoms with van der Waals surface area (Å²) in [6.45, 7) is 8.85. The molecule has 0 aromatic heterocycles. The SMILES string of the molecule is CC(=O)OC[C@H]1O[C@H](CCC(NC(=O)OC(C)(C)C)C(=O)O)[C@@H](OC(C)=O)[C@@H](OC(C)=O)[C@@H]1OC(C)=O. The number of carboxylic acids is 1. The number of hydrogen-bond donors (Lipinski definition) is 2. The van der Waals surface area contributed by atoms with E-state index in [4.69, 9.17) is 28.4 Å². The number of hydrogen-bond acceptors (Lipinski definition) is 12. The predicted molar refractivity (Wildman–Crippen MR) is 122 cm³/mol. The lowest BCUT2D eigenvalue weighted by Gasteiger charge is -2.44. The summed E-state index contributed by atoms with van der Waals surface area (Å²) in [6.07, 6.45) is -7.59. The Morgan fingerprint density at radius 2 is 1.30 bits per heavy atom. The van der Waals surface area contributed by atoms with Crippen molar-refractivity contribution in [3.8, 4) is 0 Å². The van der Waals surface area contributed by atoms with Gasteiger partial charge in [-0.1, -0.05) is 0 Å². The maximum Gasteiger partial charge on any atom is 0.408 e. The standard InChI is InChI=1S/C23H35NO13/c1-11(25)32-10-17-19(34-13(3)27)20(35-14(4)28)18(33-12(2)26)16(36-17)9-8-15(21(29)30)24-22(31)37-23(5,6)7/h15-20H,8-10H2,1-7H3,(H,24,31)(H,29,30)/t15?,16-,17-,18-,19-,20-/m1/s1. The highest BCUT2D eigenvalue weighted by atomic mass is 16.7. The van der Waals surface area contributed by atoms with Crippen LogP contribution >= 0.6 is 0 Å². The monoisotopic (exact) mass is 533 g/mol. The first-order chi connectivity index (χ1) is 17.0. The molecule has 2 N–H and O–H groups in total. The number of esters is 4. The summed E-state index contributed by atoms with van der Waals surface area (Å²) < 4.78 is 32.0. The number of carbonyl (C=O) groups excluding carboxylic acids is 5. The number of amides is 1. The van der Waals surface area contributed by atoms with Gasteiger partial charge in [-0.15, -0.1) is 0 Å². The smallest absolute Gasteiger partial charge is 0.408 e. The van der Waals surface area contributed by atoms with Crippen molar-refractivity contribution in [2.45, 2.75) is 103 Å². The Kier molecular flexibility index (Phi) is 11.8. The summed E-state index contributed by atoms with van der Waals surface area (Å²) in [5, 5.41) is 11.8. The minimum Gasteiger partial charge on any atom is -0.480 e. The average molecular weight is 534 g/mol.